The topological polar surface area (TPSA) is 58.6 Å². The summed E-state index contributed by atoms with van der Waals surface area (Å²) in [4.78, 5) is 11.5. The Hall–Kier alpha value is -1.26. The number of fused-ring (bicyclic) bond motifs is 1. The van der Waals surface area contributed by atoms with Gasteiger partial charge in [0, 0.05) is 30.1 Å². The number of hydrogen-bond donors (Lipinski definition) is 2. The van der Waals surface area contributed by atoms with E-state index in [1.807, 2.05) is 26.0 Å². The second-order valence-electron chi connectivity index (χ2n) is 5.55. The van der Waals surface area contributed by atoms with Gasteiger partial charge < -0.3 is 15.2 Å². The number of rotatable bonds is 7. The van der Waals surface area contributed by atoms with Gasteiger partial charge in [-0.15, -0.1) is 0 Å². The summed E-state index contributed by atoms with van der Waals surface area (Å²) >= 11 is 6.12. The number of aliphatic carboxylic acids is 1. The van der Waals surface area contributed by atoms with E-state index in [0.717, 1.165) is 23.3 Å². The minimum absolute atomic E-state index is 0.441. The fourth-order valence-electron chi connectivity index (χ4n) is 2.79. The zero-order chi connectivity index (χ0) is 15.5. The zero-order valence-corrected chi connectivity index (χ0v) is 13.3. The van der Waals surface area contributed by atoms with Gasteiger partial charge in [-0.05, 0) is 30.5 Å². The molecule has 0 aliphatic carbocycles. The number of halogens is 1. The minimum Gasteiger partial charge on any atom is -0.493 e. The van der Waals surface area contributed by atoms with Crippen LogP contribution < -0.4 is 10.1 Å². The molecule has 1 aliphatic rings. The quantitative estimate of drug-likeness (QED) is 0.811. The van der Waals surface area contributed by atoms with Crippen molar-refractivity contribution in [1.29, 1.82) is 0 Å². The lowest BCUT2D eigenvalue weighted by molar-refractivity contribution is -0.149. The van der Waals surface area contributed by atoms with Crippen molar-refractivity contribution in [2.45, 2.75) is 39.7 Å². The van der Waals surface area contributed by atoms with Crippen LogP contribution in [0.15, 0.2) is 12.1 Å². The number of hydrogen-bond acceptors (Lipinski definition) is 3. The molecule has 2 rings (SSSR count). The lowest BCUT2D eigenvalue weighted by Gasteiger charge is -2.27. The molecule has 4 nitrogen and oxygen atoms in total. The van der Waals surface area contributed by atoms with E-state index in [4.69, 9.17) is 16.3 Å². The maximum absolute atomic E-state index is 11.5. The van der Waals surface area contributed by atoms with Gasteiger partial charge >= 0.3 is 5.97 Å². The van der Waals surface area contributed by atoms with Crippen molar-refractivity contribution in [2.75, 3.05) is 13.2 Å². The van der Waals surface area contributed by atoms with Gasteiger partial charge in [-0.2, -0.15) is 0 Å². The Morgan fingerprint density at radius 2 is 2.14 bits per heavy atom. The molecule has 0 saturated heterocycles. The number of carbonyl (C=O) groups is 1. The highest BCUT2D eigenvalue weighted by Gasteiger charge is 2.34. The van der Waals surface area contributed by atoms with E-state index in [0.29, 0.717) is 37.6 Å². The largest absolute Gasteiger partial charge is 0.493 e. The monoisotopic (exact) mass is 311 g/mol. The highest BCUT2D eigenvalue weighted by atomic mass is 35.5. The molecule has 0 aromatic heterocycles. The van der Waals surface area contributed by atoms with E-state index in [1.165, 1.54) is 0 Å². The van der Waals surface area contributed by atoms with Crippen molar-refractivity contribution in [3.8, 4) is 5.75 Å². The van der Waals surface area contributed by atoms with Crippen molar-refractivity contribution in [3.63, 3.8) is 0 Å². The average Bonchev–Trinajstić information content (AvgIpc) is 2.91. The molecule has 0 spiro atoms. The summed E-state index contributed by atoms with van der Waals surface area (Å²) in [7, 11) is 0. The van der Waals surface area contributed by atoms with Gasteiger partial charge in [-0.1, -0.05) is 25.4 Å². The number of carboxylic acids is 1. The van der Waals surface area contributed by atoms with Gasteiger partial charge in [-0.3, -0.25) is 4.79 Å². The first-order valence-corrected chi connectivity index (χ1v) is 7.78. The van der Waals surface area contributed by atoms with Crippen LogP contribution in [-0.4, -0.2) is 24.2 Å². The predicted molar refractivity (Wildman–Crippen MR) is 83.0 cm³/mol. The number of benzene rings is 1. The van der Waals surface area contributed by atoms with Crippen LogP contribution in [0.2, 0.25) is 5.02 Å². The molecular weight excluding hydrogens is 290 g/mol. The fraction of sp³-hybridized carbons (Fsp3) is 0.562. The molecule has 1 aromatic rings. The normalized spacial score (nSPS) is 13.9. The summed E-state index contributed by atoms with van der Waals surface area (Å²) in [6.07, 6.45) is 2.10. The highest BCUT2D eigenvalue weighted by Crippen LogP contribution is 2.33. The molecule has 2 N–H and O–H groups in total. The van der Waals surface area contributed by atoms with Crippen LogP contribution in [0.4, 0.5) is 0 Å². The first-order valence-electron chi connectivity index (χ1n) is 7.40. The molecule has 116 valence electrons. The summed E-state index contributed by atoms with van der Waals surface area (Å²) in [5.74, 6) is 0.161. The Balaban J connectivity index is 2.06. The van der Waals surface area contributed by atoms with Crippen molar-refractivity contribution >= 4 is 17.6 Å². The molecule has 0 bridgehead atoms. The summed E-state index contributed by atoms with van der Waals surface area (Å²) in [5.41, 5.74) is 1.43. The number of ether oxygens (including phenoxy) is 1. The van der Waals surface area contributed by atoms with Crippen LogP contribution in [0.3, 0.4) is 0 Å². The Labute approximate surface area is 130 Å². The molecule has 1 aliphatic heterocycles. The van der Waals surface area contributed by atoms with Gasteiger partial charge in [0.05, 0.1) is 12.0 Å². The fourth-order valence-corrected chi connectivity index (χ4v) is 3.06. The second-order valence-corrected chi connectivity index (χ2v) is 5.98. The van der Waals surface area contributed by atoms with Gasteiger partial charge in [0.1, 0.15) is 5.75 Å². The van der Waals surface area contributed by atoms with Gasteiger partial charge in [0.2, 0.25) is 0 Å². The molecular formula is C16H22ClNO3. The molecule has 1 heterocycles. The molecule has 1 aromatic carbocycles. The summed E-state index contributed by atoms with van der Waals surface area (Å²) < 4.78 is 5.65. The van der Waals surface area contributed by atoms with Gasteiger partial charge in [0.25, 0.3) is 0 Å². The SMILES string of the molecule is CCC(CC)(CNCc1cc(Cl)cc2c1OCC2)C(=O)O. The van der Waals surface area contributed by atoms with E-state index >= 15 is 0 Å². The molecule has 0 unspecified atom stereocenters. The molecule has 0 fully saturated rings. The van der Waals surface area contributed by atoms with Crippen molar-refractivity contribution in [2.24, 2.45) is 5.41 Å². The van der Waals surface area contributed by atoms with E-state index in [1.54, 1.807) is 0 Å². The van der Waals surface area contributed by atoms with Gasteiger partial charge in [0.15, 0.2) is 0 Å². The predicted octanol–water partition coefficient (Wildman–Crippen LogP) is 3.26. The van der Waals surface area contributed by atoms with Crippen LogP contribution in [0.1, 0.15) is 37.8 Å². The van der Waals surface area contributed by atoms with Crippen molar-refractivity contribution in [1.82, 2.24) is 5.32 Å². The van der Waals surface area contributed by atoms with Crippen molar-refractivity contribution < 1.29 is 14.6 Å². The molecule has 0 radical (unpaired) electrons. The lowest BCUT2D eigenvalue weighted by Crippen LogP contribution is -2.40. The molecule has 0 amide bonds. The highest BCUT2D eigenvalue weighted by molar-refractivity contribution is 6.30. The maximum Gasteiger partial charge on any atom is 0.310 e. The third-order valence-corrected chi connectivity index (χ3v) is 4.63. The van der Waals surface area contributed by atoms with Crippen LogP contribution in [0.25, 0.3) is 0 Å². The van der Waals surface area contributed by atoms with Crippen molar-refractivity contribution in [3.05, 3.63) is 28.3 Å². The maximum atomic E-state index is 11.5. The van der Waals surface area contributed by atoms with Crippen LogP contribution in [0.5, 0.6) is 5.75 Å². The minimum atomic E-state index is -0.743. The molecule has 0 atom stereocenters. The number of nitrogens with one attached hydrogen (secondary N) is 1. The summed E-state index contributed by atoms with van der Waals surface area (Å²) in [6.45, 7) is 5.53. The van der Waals surface area contributed by atoms with E-state index in [2.05, 4.69) is 5.32 Å². The molecule has 5 heteroatoms. The first kappa shape index (κ1) is 16.1. The van der Waals surface area contributed by atoms with E-state index < -0.39 is 11.4 Å². The summed E-state index contributed by atoms with van der Waals surface area (Å²) in [6, 6.07) is 3.83. The molecule has 21 heavy (non-hydrogen) atoms. The Bertz CT molecular complexity index is 526. The smallest absolute Gasteiger partial charge is 0.310 e. The standard InChI is InChI=1S/C16H22ClNO3/c1-3-16(4-2,15(19)20)10-18-9-12-8-13(17)7-11-5-6-21-14(11)12/h7-8,18H,3-6,9-10H2,1-2H3,(H,19,20). The first-order chi connectivity index (χ1) is 10.0. The van der Waals surface area contributed by atoms with Crippen LogP contribution in [0, 0.1) is 5.41 Å². The summed E-state index contributed by atoms with van der Waals surface area (Å²) in [5, 5.41) is 13.4. The molecule has 0 saturated carbocycles. The Kier molecular flexibility index (Phi) is 5.12. The second kappa shape index (κ2) is 6.67. The van der Waals surface area contributed by atoms with Crippen LogP contribution >= 0.6 is 11.6 Å². The van der Waals surface area contributed by atoms with E-state index in [9.17, 15) is 9.90 Å². The third kappa shape index (κ3) is 3.33. The third-order valence-electron chi connectivity index (χ3n) is 4.41. The van der Waals surface area contributed by atoms with Gasteiger partial charge in [-0.25, -0.2) is 0 Å². The number of carboxylic acid groups (broad SMARTS) is 1. The Morgan fingerprint density at radius 1 is 1.43 bits per heavy atom. The zero-order valence-electron chi connectivity index (χ0n) is 12.5. The van der Waals surface area contributed by atoms with Crippen LogP contribution in [-0.2, 0) is 17.8 Å². The average molecular weight is 312 g/mol. The lowest BCUT2D eigenvalue weighted by atomic mass is 9.82. The van der Waals surface area contributed by atoms with E-state index in [-0.39, 0.29) is 0 Å². The Morgan fingerprint density at radius 3 is 2.76 bits per heavy atom.